The van der Waals surface area contributed by atoms with Gasteiger partial charge in [-0.15, -0.1) is 0 Å². The van der Waals surface area contributed by atoms with Crippen molar-refractivity contribution < 1.29 is 56.0 Å². The number of ether oxygens (including phenoxy) is 6. The fourth-order valence-corrected chi connectivity index (χ4v) is 7.12. The molecule has 13 heteroatoms. The molecule has 0 radical (unpaired) electrons. The molecule has 63 heavy (non-hydrogen) atoms. The Bertz CT molecular complexity index is 2110. The van der Waals surface area contributed by atoms with Gasteiger partial charge in [-0.1, -0.05) is 50.8 Å². The van der Waals surface area contributed by atoms with Crippen LogP contribution in [0.5, 0.6) is 23.0 Å². The van der Waals surface area contributed by atoms with Crippen molar-refractivity contribution in [3.8, 4) is 23.0 Å². The highest BCUT2D eigenvalue weighted by Gasteiger charge is 2.18. The van der Waals surface area contributed by atoms with Gasteiger partial charge in [0.1, 0.15) is 23.0 Å². The lowest BCUT2D eigenvalue weighted by Gasteiger charge is -2.09. The molecule has 0 N–H and O–H groups in total. The van der Waals surface area contributed by atoms with Gasteiger partial charge in [0.05, 0.1) is 36.2 Å². The standard InChI is InChI=1S/C32H34O9S.C18H26O3/c1-3-31(34)39-23-7-5-4-6-22-38-26-11-8-25(9-12-26)10-21-32(35)41-28-15-19-30(20-16-28)42(36,37)29-17-13-27(14-18-29)40-24(2)33;1-3-9-16-10-12-17(13-11-16)20-14-7-5-6-8-15-21-18(19)4-2/h3,8-9,11-20H,1,4-7,10,21-23H2,2H3;4,10-13H,2-3,5-9,14-15H2,1H3. The molecule has 0 atom stereocenters. The minimum Gasteiger partial charge on any atom is -0.494 e. The normalized spacial score (nSPS) is 10.6. The van der Waals surface area contributed by atoms with Gasteiger partial charge >= 0.3 is 23.9 Å². The van der Waals surface area contributed by atoms with Crippen LogP contribution in [0.1, 0.15) is 89.2 Å². The zero-order valence-corrected chi connectivity index (χ0v) is 37.2. The van der Waals surface area contributed by atoms with Gasteiger partial charge in [0.25, 0.3) is 0 Å². The Labute approximate surface area is 372 Å². The second-order valence-electron chi connectivity index (χ2n) is 14.3. The first-order valence-corrected chi connectivity index (χ1v) is 22.8. The van der Waals surface area contributed by atoms with E-state index in [1.54, 1.807) is 0 Å². The summed E-state index contributed by atoms with van der Waals surface area (Å²) >= 11 is 0. The summed E-state index contributed by atoms with van der Waals surface area (Å²) in [4.78, 5) is 45.3. The molecule has 0 saturated heterocycles. The molecule has 0 heterocycles. The number of rotatable bonds is 27. The molecule has 0 fully saturated rings. The van der Waals surface area contributed by atoms with Crippen LogP contribution in [-0.4, -0.2) is 58.7 Å². The molecule has 0 aromatic heterocycles. The SMILES string of the molecule is C=CC(=O)OCCCCCCOc1ccc(CCC(=O)Oc2ccc(S(=O)(=O)c3ccc(OC(C)=O)cc3)cc2)cc1.C=CC(=O)OCCCCCCOc1ccc(CCC)cc1. The lowest BCUT2D eigenvalue weighted by molar-refractivity contribution is -0.138. The topological polar surface area (TPSA) is 158 Å². The molecular formula is C50H60O12S. The average Bonchev–Trinajstić information content (AvgIpc) is 3.28. The van der Waals surface area contributed by atoms with Gasteiger partial charge < -0.3 is 28.4 Å². The van der Waals surface area contributed by atoms with Crippen LogP contribution in [0, 0.1) is 0 Å². The molecule has 0 aliphatic rings. The Balaban J connectivity index is 0.000000422. The molecular weight excluding hydrogens is 825 g/mol. The number of esters is 4. The Morgan fingerprint density at radius 1 is 0.508 bits per heavy atom. The molecule has 12 nitrogen and oxygen atoms in total. The number of benzene rings is 4. The zero-order valence-electron chi connectivity index (χ0n) is 36.4. The predicted octanol–water partition coefficient (Wildman–Crippen LogP) is 9.96. The quantitative estimate of drug-likeness (QED) is 0.0242. The third-order valence-electron chi connectivity index (χ3n) is 9.20. The highest BCUT2D eigenvalue weighted by Crippen LogP contribution is 2.25. The lowest BCUT2D eigenvalue weighted by Crippen LogP contribution is -2.09. The zero-order chi connectivity index (χ0) is 45.7. The number of hydrogen-bond donors (Lipinski definition) is 0. The minimum absolute atomic E-state index is 0.0383. The van der Waals surface area contributed by atoms with Crippen LogP contribution in [0.25, 0.3) is 0 Å². The van der Waals surface area contributed by atoms with Crippen molar-refractivity contribution in [2.24, 2.45) is 0 Å². The molecule has 0 aliphatic carbocycles. The van der Waals surface area contributed by atoms with Crippen molar-refractivity contribution in [1.29, 1.82) is 0 Å². The second-order valence-corrected chi connectivity index (χ2v) is 16.3. The van der Waals surface area contributed by atoms with Crippen molar-refractivity contribution >= 4 is 33.7 Å². The molecule has 0 bridgehead atoms. The summed E-state index contributed by atoms with van der Waals surface area (Å²) in [6.07, 6.45) is 12.9. The summed E-state index contributed by atoms with van der Waals surface area (Å²) in [5.41, 5.74) is 2.31. The maximum absolute atomic E-state index is 12.9. The third kappa shape index (κ3) is 20.9. The van der Waals surface area contributed by atoms with E-state index >= 15 is 0 Å². The molecule has 4 aromatic carbocycles. The van der Waals surface area contributed by atoms with Gasteiger partial charge in [0.15, 0.2) is 0 Å². The fraction of sp³-hybridized carbons (Fsp3) is 0.360. The van der Waals surface area contributed by atoms with E-state index in [4.69, 9.17) is 28.4 Å². The van der Waals surface area contributed by atoms with Crippen LogP contribution in [0.4, 0.5) is 0 Å². The molecule has 338 valence electrons. The highest BCUT2D eigenvalue weighted by molar-refractivity contribution is 7.91. The summed E-state index contributed by atoms with van der Waals surface area (Å²) < 4.78 is 57.4. The predicted molar refractivity (Wildman–Crippen MR) is 241 cm³/mol. The van der Waals surface area contributed by atoms with E-state index in [2.05, 4.69) is 32.2 Å². The van der Waals surface area contributed by atoms with E-state index in [1.165, 1.54) is 73.5 Å². The van der Waals surface area contributed by atoms with Crippen LogP contribution < -0.4 is 18.9 Å². The van der Waals surface area contributed by atoms with E-state index in [-0.39, 0.29) is 33.7 Å². The number of carbonyl (C=O) groups excluding carboxylic acids is 4. The van der Waals surface area contributed by atoms with Crippen LogP contribution in [0.15, 0.2) is 132 Å². The number of hydrogen-bond acceptors (Lipinski definition) is 12. The van der Waals surface area contributed by atoms with Crippen LogP contribution in [-0.2, 0) is 51.3 Å². The average molecular weight is 885 g/mol. The number of sulfone groups is 1. The number of aryl methyl sites for hydroxylation is 2. The van der Waals surface area contributed by atoms with Crippen LogP contribution >= 0.6 is 0 Å². The van der Waals surface area contributed by atoms with E-state index in [0.29, 0.717) is 26.2 Å². The van der Waals surface area contributed by atoms with Crippen LogP contribution in [0.3, 0.4) is 0 Å². The Kier molecular flexibility index (Phi) is 23.7. The minimum atomic E-state index is -3.80. The van der Waals surface area contributed by atoms with Crippen molar-refractivity contribution in [3.63, 3.8) is 0 Å². The van der Waals surface area contributed by atoms with Gasteiger partial charge in [-0.25, -0.2) is 18.0 Å². The third-order valence-corrected chi connectivity index (χ3v) is 11.0. The van der Waals surface area contributed by atoms with Gasteiger partial charge in [0, 0.05) is 25.5 Å². The van der Waals surface area contributed by atoms with Gasteiger partial charge in [-0.05, 0) is 148 Å². The van der Waals surface area contributed by atoms with E-state index in [1.807, 2.05) is 36.4 Å². The van der Waals surface area contributed by atoms with Gasteiger partial charge in [-0.3, -0.25) is 9.59 Å². The summed E-state index contributed by atoms with van der Waals surface area (Å²) in [7, 11) is -3.80. The monoisotopic (exact) mass is 884 g/mol. The first-order chi connectivity index (χ1) is 30.4. The Morgan fingerprint density at radius 3 is 1.29 bits per heavy atom. The van der Waals surface area contributed by atoms with Crippen LogP contribution in [0.2, 0.25) is 0 Å². The smallest absolute Gasteiger partial charge is 0.330 e. The largest absolute Gasteiger partial charge is 0.494 e. The summed E-state index contributed by atoms with van der Waals surface area (Å²) in [6.45, 7) is 12.3. The molecule has 4 aromatic rings. The summed E-state index contributed by atoms with van der Waals surface area (Å²) in [5.74, 6) is 0.496. The van der Waals surface area contributed by atoms with Crippen molar-refractivity contribution in [1.82, 2.24) is 0 Å². The maximum atomic E-state index is 12.9. The first kappa shape index (κ1) is 51.1. The van der Waals surface area contributed by atoms with E-state index in [9.17, 15) is 27.6 Å². The van der Waals surface area contributed by atoms with Crippen molar-refractivity contribution in [2.75, 3.05) is 26.4 Å². The molecule has 0 amide bonds. The van der Waals surface area contributed by atoms with Gasteiger partial charge in [-0.2, -0.15) is 0 Å². The van der Waals surface area contributed by atoms with Gasteiger partial charge in [0.2, 0.25) is 9.84 Å². The molecule has 0 aliphatic heterocycles. The van der Waals surface area contributed by atoms with E-state index in [0.717, 1.165) is 87.5 Å². The molecule has 0 spiro atoms. The fourth-order valence-electron chi connectivity index (χ4n) is 5.86. The number of carbonyl (C=O) groups is 4. The molecule has 0 unspecified atom stereocenters. The lowest BCUT2D eigenvalue weighted by atomic mass is 10.1. The first-order valence-electron chi connectivity index (χ1n) is 21.3. The molecule has 4 rings (SSSR count). The Morgan fingerprint density at radius 2 is 0.889 bits per heavy atom. The maximum Gasteiger partial charge on any atom is 0.330 e. The second kappa shape index (κ2) is 29.2. The van der Waals surface area contributed by atoms with Crippen molar-refractivity contribution in [2.45, 2.75) is 101 Å². The van der Waals surface area contributed by atoms with E-state index < -0.39 is 27.7 Å². The summed E-state index contributed by atoms with van der Waals surface area (Å²) in [5, 5.41) is 0. The van der Waals surface area contributed by atoms with Crippen molar-refractivity contribution in [3.05, 3.63) is 133 Å². The Hall–Kier alpha value is -6.21. The highest BCUT2D eigenvalue weighted by atomic mass is 32.2. The number of unbranched alkanes of at least 4 members (excludes halogenated alkanes) is 6. The molecule has 0 saturated carbocycles. The summed E-state index contributed by atoms with van der Waals surface area (Å²) in [6, 6.07) is 27.0.